The smallest absolute Gasteiger partial charge is 0.352 e. The number of rotatable bonds is 9. The summed E-state index contributed by atoms with van der Waals surface area (Å²) in [6, 6.07) is 0. The van der Waals surface area contributed by atoms with Crippen LogP contribution in [0.5, 0.6) is 0 Å². The van der Waals surface area contributed by atoms with Gasteiger partial charge in [0.15, 0.2) is 0 Å². The highest BCUT2D eigenvalue weighted by Gasteiger charge is 2.32. The van der Waals surface area contributed by atoms with Crippen LogP contribution in [0.15, 0.2) is 0 Å². The maximum Gasteiger partial charge on any atom is 0.352 e. The zero-order valence-electron chi connectivity index (χ0n) is 13.9. The number of ether oxygens (including phenoxy) is 1. The van der Waals surface area contributed by atoms with Crippen LogP contribution in [-0.4, -0.2) is 63.1 Å². The van der Waals surface area contributed by atoms with Crippen LogP contribution in [0.3, 0.4) is 0 Å². The molecule has 3 amide bonds. The highest BCUT2D eigenvalue weighted by molar-refractivity contribution is 7.85. The van der Waals surface area contributed by atoms with Gasteiger partial charge in [-0.1, -0.05) is 0 Å². The van der Waals surface area contributed by atoms with E-state index in [1.54, 1.807) is 13.8 Å². The standard InChI is InChI=1S/C14H20N2O8S/c1-9(2)23-14(21)8-25(22)6-5-10(17)15-7-13(20)24-16-11(18)3-4-12(16)19/h9H,3-8H2,1-2H3,(H,15,17). The Morgan fingerprint density at radius 2 is 1.76 bits per heavy atom. The van der Waals surface area contributed by atoms with E-state index < -0.39 is 47.0 Å². The normalized spacial score (nSPS) is 15.2. The van der Waals surface area contributed by atoms with Crippen LogP contribution in [-0.2, 0) is 44.3 Å². The number of hydrogen-bond acceptors (Lipinski definition) is 8. The first-order valence-corrected chi connectivity index (χ1v) is 9.05. The average Bonchev–Trinajstić information content (AvgIpc) is 2.82. The monoisotopic (exact) mass is 376 g/mol. The molecule has 1 unspecified atom stereocenters. The van der Waals surface area contributed by atoms with Crippen molar-refractivity contribution in [1.82, 2.24) is 10.4 Å². The van der Waals surface area contributed by atoms with Gasteiger partial charge in [-0.05, 0) is 13.8 Å². The van der Waals surface area contributed by atoms with Crippen molar-refractivity contribution in [1.29, 1.82) is 0 Å². The fourth-order valence-corrected chi connectivity index (χ4v) is 2.65. The van der Waals surface area contributed by atoms with E-state index in [0.717, 1.165) is 0 Å². The highest BCUT2D eigenvalue weighted by atomic mass is 32.2. The molecule has 0 aromatic heterocycles. The number of nitrogens with zero attached hydrogens (tertiary/aromatic N) is 1. The molecular weight excluding hydrogens is 356 g/mol. The molecule has 1 N–H and O–H groups in total. The van der Waals surface area contributed by atoms with Crippen molar-refractivity contribution in [3.63, 3.8) is 0 Å². The van der Waals surface area contributed by atoms with E-state index in [1.807, 2.05) is 0 Å². The number of carbonyl (C=O) groups is 5. The summed E-state index contributed by atoms with van der Waals surface area (Å²) in [5.74, 6) is -3.79. The van der Waals surface area contributed by atoms with Gasteiger partial charge >= 0.3 is 11.9 Å². The molecule has 0 aliphatic carbocycles. The van der Waals surface area contributed by atoms with Crippen LogP contribution in [0.1, 0.15) is 33.1 Å². The number of hydroxylamine groups is 2. The second kappa shape index (κ2) is 9.87. The third-order valence-corrected chi connectivity index (χ3v) is 4.05. The van der Waals surface area contributed by atoms with Gasteiger partial charge in [-0.3, -0.25) is 23.4 Å². The molecule has 1 heterocycles. The van der Waals surface area contributed by atoms with Crippen LogP contribution >= 0.6 is 0 Å². The van der Waals surface area contributed by atoms with Gasteiger partial charge in [-0.25, -0.2) is 4.79 Å². The molecule has 1 atom stereocenters. The molecule has 1 aliphatic rings. The molecule has 0 spiro atoms. The van der Waals surface area contributed by atoms with Crippen LogP contribution in [0, 0.1) is 0 Å². The van der Waals surface area contributed by atoms with Gasteiger partial charge < -0.3 is 14.9 Å². The van der Waals surface area contributed by atoms with Gasteiger partial charge in [-0.2, -0.15) is 0 Å². The quantitative estimate of drug-likeness (QED) is 0.391. The Kier molecular flexibility index (Phi) is 8.19. The van der Waals surface area contributed by atoms with E-state index in [9.17, 15) is 28.2 Å². The van der Waals surface area contributed by atoms with Gasteiger partial charge in [0, 0.05) is 35.8 Å². The van der Waals surface area contributed by atoms with Crippen molar-refractivity contribution in [3.05, 3.63) is 0 Å². The number of hydrogen-bond donors (Lipinski definition) is 1. The first-order chi connectivity index (χ1) is 11.7. The third kappa shape index (κ3) is 7.88. The molecule has 0 saturated carbocycles. The molecule has 1 saturated heterocycles. The van der Waals surface area contributed by atoms with Crippen molar-refractivity contribution in [2.24, 2.45) is 0 Å². The lowest BCUT2D eigenvalue weighted by Gasteiger charge is -2.12. The Morgan fingerprint density at radius 1 is 1.16 bits per heavy atom. The molecule has 1 fully saturated rings. The Morgan fingerprint density at radius 3 is 2.32 bits per heavy atom. The largest absolute Gasteiger partial charge is 0.462 e. The summed E-state index contributed by atoms with van der Waals surface area (Å²) in [5.41, 5.74) is 0. The van der Waals surface area contributed by atoms with Crippen LogP contribution < -0.4 is 5.32 Å². The van der Waals surface area contributed by atoms with Gasteiger partial charge in [0.25, 0.3) is 11.8 Å². The summed E-state index contributed by atoms with van der Waals surface area (Å²) in [7, 11) is -1.56. The summed E-state index contributed by atoms with van der Waals surface area (Å²) < 4.78 is 16.5. The second-order valence-electron chi connectivity index (χ2n) is 5.40. The van der Waals surface area contributed by atoms with Gasteiger partial charge in [0.2, 0.25) is 5.91 Å². The highest BCUT2D eigenvalue weighted by Crippen LogP contribution is 2.11. The number of imide groups is 1. The van der Waals surface area contributed by atoms with Gasteiger partial charge in [0.05, 0.1) is 6.10 Å². The lowest BCUT2D eigenvalue weighted by atomic mass is 10.4. The molecule has 0 aromatic carbocycles. The number of esters is 1. The van der Waals surface area contributed by atoms with Crippen molar-refractivity contribution >= 4 is 40.5 Å². The molecule has 0 bridgehead atoms. The zero-order chi connectivity index (χ0) is 19.0. The first-order valence-electron chi connectivity index (χ1n) is 7.56. The van der Waals surface area contributed by atoms with E-state index in [1.165, 1.54) is 0 Å². The average molecular weight is 376 g/mol. The molecule has 1 rings (SSSR count). The lowest BCUT2D eigenvalue weighted by molar-refractivity contribution is -0.196. The molecular formula is C14H20N2O8S. The van der Waals surface area contributed by atoms with E-state index in [2.05, 4.69) is 10.2 Å². The maximum absolute atomic E-state index is 11.6. The summed E-state index contributed by atoms with van der Waals surface area (Å²) in [4.78, 5) is 61.4. The lowest BCUT2D eigenvalue weighted by Crippen LogP contribution is -2.38. The Balaban J connectivity index is 2.22. The summed E-state index contributed by atoms with van der Waals surface area (Å²) in [6.45, 7) is 2.78. The zero-order valence-corrected chi connectivity index (χ0v) is 14.8. The van der Waals surface area contributed by atoms with Crippen molar-refractivity contribution in [2.75, 3.05) is 18.1 Å². The van der Waals surface area contributed by atoms with Crippen LogP contribution in [0.2, 0.25) is 0 Å². The molecule has 0 aromatic rings. The Labute approximate surface area is 146 Å². The minimum absolute atomic E-state index is 0.0243. The molecule has 140 valence electrons. The van der Waals surface area contributed by atoms with Crippen molar-refractivity contribution in [3.8, 4) is 0 Å². The van der Waals surface area contributed by atoms with Crippen molar-refractivity contribution in [2.45, 2.75) is 39.2 Å². The van der Waals surface area contributed by atoms with Gasteiger partial charge in [-0.15, -0.1) is 5.06 Å². The number of amides is 3. The summed E-state index contributed by atoms with van der Waals surface area (Å²) >= 11 is 0. The Hall–Kier alpha value is -2.30. The second-order valence-corrected chi connectivity index (χ2v) is 6.98. The molecule has 1 aliphatic heterocycles. The van der Waals surface area contributed by atoms with E-state index >= 15 is 0 Å². The van der Waals surface area contributed by atoms with E-state index in [4.69, 9.17) is 4.74 Å². The fourth-order valence-electron chi connectivity index (χ4n) is 1.76. The molecule has 25 heavy (non-hydrogen) atoms. The minimum Gasteiger partial charge on any atom is -0.462 e. The van der Waals surface area contributed by atoms with Crippen molar-refractivity contribution < 1.29 is 37.8 Å². The predicted molar refractivity (Wildman–Crippen MR) is 83.9 cm³/mol. The fraction of sp³-hybridized carbons (Fsp3) is 0.643. The SMILES string of the molecule is CC(C)OC(=O)CS(=O)CCC(=O)NCC(=O)ON1C(=O)CCC1=O. The molecule has 10 nitrogen and oxygen atoms in total. The van der Waals surface area contributed by atoms with Gasteiger partial charge in [0.1, 0.15) is 12.3 Å². The molecule has 11 heteroatoms. The Bertz CT molecular complexity index is 573. The summed E-state index contributed by atoms with van der Waals surface area (Å²) in [6.07, 6.45) is -0.531. The van der Waals surface area contributed by atoms with Crippen LogP contribution in [0.4, 0.5) is 0 Å². The minimum atomic E-state index is -1.56. The number of carbonyl (C=O) groups excluding carboxylic acids is 5. The van der Waals surface area contributed by atoms with E-state index in [-0.39, 0.29) is 36.9 Å². The summed E-state index contributed by atoms with van der Waals surface area (Å²) in [5, 5.41) is 2.59. The predicted octanol–water partition coefficient (Wildman–Crippen LogP) is -1.20. The third-order valence-electron chi connectivity index (χ3n) is 2.83. The van der Waals surface area contributed by atoms with E-state index in [0.29, 0.717) is 5.06 Å². The molecule has 0 radical (unpaired) electrons. The maximum atomic E-state index is 11.6. The van der Waals surface area contributed by atoms with Crippen LogP contribution in [0.25, 0.3) is 0 Å². The topological polar surface area (TPSA) is 136 Å². The first kappa shape index (κ1) is 20.7. The number of nitrogens with one attached hydrogen (secondary N) is 1.